The largest absolute Gasteiger partial charge is 0.355 e. The average Bonchev–Trinajstić information content (AvgIpc) is 3.18. The van der Waals surface area contributed by atoms with Crippen molar-refractivity contribution < 1.29 is 4.79 Å². The Morgan fingerprint density at radius 2 is 2.16 bits per heavy atom. The zero-order valence-corrected chi connectivity index (χ0v) is 12.4. The minimum atomic E-state index is 0.0394. The molecule has 1 fully saturated rings. The third-order valence-electron chi connectivity index (χ3n) is 3.36. The van der Waals surface area contributed by atoms with Crippen LogP contribution in [0.2, 0.25) is 10.0 Å². The van der Waals surface area contributed by atoms with E-state index in [1.54, 1.807) is 6.07 Å². The number of carbonyl (C=O) groups is 1. The minimum Gasteiger partial charge on any atom is -0.355 e. The molecule has 1 aromatic carbocycles. The van der Waals surface area contributed by atoms with E-state index in [0.29, 0.717) is 16.6 Å². The first-order valence-corrected chi connectivity index (χ1v) is 7.33. The summed E-state index contributed by atoms with van der Waals surface area (Å²) in [6, 6.07) is 5.59. The van der Waals surface area contributed by atoms with Gasteiger partial charge >= 0.3 is 0 Å². The number of halogens is 2. The van der Waals surface area contributed by atoms with Crippen LogP contribution < -0.4 is 10.6 Å². The molecule has 1 amide bonds. The topological polar surface area (TPSA) is 41.1 Å². The lowest BCUT2D eigenvalue weighted by Gasteiger charge is -2.07. The van der Waals surface area contributed by atoms with Crippen LogP contribution in [0.15, 0.2) is 18.2 Å². The van der Waals surface area contributed by atoms with Gasteiger partial charge in [-0.3, -0.25) is 4.79 Å². The van der Waals surface area contributed by atoms with Crippen LogP contribution in [0.1, 0.15) is 24.8 Å². The Morgan fingerprint density at radius 3 is 2.89 bits per heavy atom. The van der Waals surface area contributed by atoms with E-state index in [2.05, 4.69) is 10.6 Å². The Hall–Kier alpha value is -0.770. The number of hydrogen-bond acceptors (Lipinski definition) is 2. The van der Waals surface area contributed by atoms with E-state index in [9.17, 15) is 4.79 Å². The molecule has 1 aliphatic rings. The van der Waals surface area contributed by atoms with Gasteiger partial charge in [0, 0.05) is 19.0 Å². The molecule has 0 spiro atoms. The van der Waals surface area contributed by atoms with Crippen molar-refractivity contribution in [3.8, 4) is 0 Å². The second-order valence-electron chi connectivity index (χ2n) is 4.74. The van der Waals surface area contributed by atoms with E-state index in [1.165, 1.54) is 0 Å². The maximum absolute atomic E-state index is 11.9. The molecule has 0 radical (unpaired) electrons. The van der Waals surface area contributed by atoms with Crippen LogP contribution in [0.3, 0.4) is 0 Å². The van der Waals surface area contributed by atoms with Crippen LogP contribution in [0.4, 0.5) is 0 Å². The van der Waals surface area contributed by atoms with Gasteiger partial charge in [0.2, 0.25) is 5.91 Å². The van der Waals surface area contributed by atoms with Crippen LogP contribution in [0.5, 0.6) is 0 Å². The highest BCUT2D eigenvalue weighted by atomic mass is 35.5. The van der Waals surface area contributed by atoms with Gasteiger partial charge in [-0.05, 0) is 30.5 Å². The SMILES string of the molecule is CCNCCNC(=O)C1CC1c1cccc(Cl)c1Cl. The quantitative estimate of drug-likeness (QED) is 0.793. The molecule has 0 aromatic heterocycles. The highest BCUT2D eigenvalue weighted by Crippen LogP contribution is 2.50. The van der Waals surface area contributed by atoms with E-state index in [0.717, 1.165) is 25.1 Å². The number of likely N-dealkylation sites (N-methyl/N-ethyl adjacent to an activating group) is 1. The molecule has 2 unspecified atom stereocenters. The summed E-state index contributed by atoms with van der Waals surface area (Å²) >= 11 is 12.2. The number of carbonyl (C=O) groups excluding carboxylic acids is 1. The average molecular weight is 301 g/mol. The van der Waals surface area contributed by atoms with Crippen molar-refractivity contribution in [2.45, 2.75) is 19.3 Å². The second kappa shape index (κ2) is 6.60. The molecule has 0 heterocycles. The van der Waals surface area contributed by atoms with Gasteiger partial charge in [0.15, 0.2) is 0 Å². The van der Waals surface area contributed by atoms with Crippen LogP contribution in [0, 0.1) is 5.92 Å². The van der Waals surface area contributed by atoms with Crippen molar-refractivity contribution >= 4 is 29.1 Å². The molecule has 2 N–H and O–H groups in total. The predicted octanol–water partition coefficient (Wildman–Crippen LogP) is 2.82. The van der Waals surface area contributed by atoms with Crippen molar-refractivity contribution in [2.75, 3.05) is 19.6 Å². The van der Waals surface area contributed by atoms with E-state index < -0.39 is 0 Å². The number of benzene rings is 1. The van der Waals surface area contributed by atoms with Gasteiger partial charge in [-0.15, -0.1) is 0 Å². The van der Waals surface area contributed by atoms with Gasteiger partial charge in [0.1, 0.15) is 0 Å². The Kier molecular flexibility index (Phi) is 5.08. The van der Waals surface area contributed by atoms with Gasteiger partial charge in [-0.2, -0.15) is 0 Å². The normalized spacial score (nSPS) is 21.2. The molecule has 0 saturated heterocycles. The molecule has 2 atom stereocenters. The number of nitrogens with one attached hydrogen (secondary N) is 2. The summed E-state index contributed by atoms with van der Waals surface area (Å²) in [5, 5.41) is 7.24. The molecular weight excluding hydrogens is 283 g/mol. The van der Waals surface area contributed by atoms with Crippen molar-refractivity contribution in [3.63, 3.8) is 0 Å². The van der Waals surface area contributed by atoms with Crippen molar-refractivity contribution in [3.05, 3.63) is 33.8 Å². The van der Waals surface area contributed by atoms with E-state index in [1.807, 2.05) is 19.1 Å². The highest BCUT2D eigenvalue weighted by molar-refractivity contribution is 6.42. The summed E-state index contributed by atoms with van der Waals surface area (Å²) in [5.74, 6) is 0.363. The van der Waals surface area contributed by atoms with Gasteiger partial charge in [-0.25, -0.2) is 0 Å². The fourth-order valence-corrected chi connectivity index (χ4v) is 2.67. The summed E-state index contributed by atoms with van der Waals surface area (Å²) in [4.78, 5) is 11.9. The summed E-state index contributed by atoms with van der Waals surface area (Å²) < 4.78 is 0. The third-order valence-corrected chi connectivity index (χ3v) is 4.19. The lowest BCUT2D eigenvalue weighted by Crippen LogP contribution is -2.32. The van der Waals surface area contributed by atoms with Crippen molar-refractivity contribution in [1.29, 1.82) is 0 Å². The first-order chi connectivity index (χ1) is 9.15. The summed E-state index contributed by atoms with van der Waals surface area (Å²) in [7, 11) is 0. The molecule has 104 valence electrons. The fraction of sp³-hybridized carbons (Fsp3) is 0.500. The smallest absolute Gasteiger partial charge is 0.223 e. The Balaban J connectivity index is 1.86. The van der Waals surface area contributed by atoms with Crippen LogP contribution in [0.25, 0.3) is 0 Å². The first-order valence-electron chi connectivity index (χ1n) is 6.57. The number of rotatable bonds is 6. The van der Waals surface area contributed by atoms with Gasteiger partial charge in [0.25, 0.3) is 0 Å². The fourth-order valence-electron chi connectivity index (χ4n) is 2.22. The van der Waals surface area contributed by atoms with Crippen molar-refractivity contribution in [2.24, 2.45) is 5.92 Å². The van der Waals surface area contributed by atoms with Gasteiger partial charge in [-0.1, -0.05) is 42.3 Å². The molecular formula is C14H18Cl2N2O. The Bertz CT molecular complexity index is 465. The monoisotopic (exact) mass is 300 g/mol. The molecule has 1 aliphatic carbocycles. The standard InChI is InChI=1S/C14H18Cl2N2O/c1-2-17-6-7-18-14(19)11-8-10(11)9-4-3-5-12(15)13(9)16/h3-5,10-11,17H,2,6-8H2,1H3,(H,18,19). The lowest BCUT2D eigenvalue weighted by atomic mass is 10.1. The highest BCUT2D eigenvalue weighted by Gasteiger charge is 2.44. The number of hydrogen-bond donors (Lipinski definition) is 2. The van der Waals surface area contributed by atoms with E-state index in [4.69, 9.17) is 23.2 Å². The van der Waals surface area contributed by atoms with Crippen LogP contribution in [-0.4, -0.2) is 25.5 Å². The lowest BCUT2D eigenvalue weighted by molar-refractivity contribution is -0.122. The van der Waals surface area contributed by atoms with Gasteiger partial charge < -0.3 is 10.6 Å². The van der Waals surface area contributed by atoms with Gasteiger partial charge in [0.05, 0.1) is 10.0 Å². The molecule has 1 saturated carbocycles. The molecule has 0 bridgehead atoms. The van der Waals surface area contributed by atoms with Crippen LogP contribution in [-0.2, 0) is 4.79 Å². The van der Waals surface area contributed by atoms with E-state index >= 15 is 0 Å². The minimum absolute atomic E-state index is 0.0394. The van der Waals surface area contributed by atoms with E-state index in [-0.39, 0.29) is 17.7 Å². The predicted molar refractivity (Wildman–Crippen MR) is 78.9 cm³/mol. The third kappa shape index (κ3) is 3.62. The molecule has 0 aliphatic heterocycles. The molecule has 2 rings (SSSR count). The molecule has 5 heteroatoms. The summed E-state index contributed by atoms with van der Waals surface area (Å²) in [6.45, 7) is 4.43. The Morgan fingerprint density at radius 1 is 1.37 bits per heavy atom. The first kappa shape index (κ1) is 14.6. The molecule has 19 heavy (non-hydrogen) atoms. The number of amides is 1. The molecule has 1 aromatic rings. The second-order valence-corrected chi connectivity index (χ2v) is 5.52. The summed E-state index contributed by atoms with van der Waals surface area (Å²) in [6.07, 6.45) is 0.854. The maximum atomic E-state index is 11.9. The maximum Gasteiger partial charge on any atom is 0.223 e. The van der Waals surface area contributed by atoms with Crippen molar-refractivity contribution in [1.82, 2.24) is 10.6 Å². The zero-order chi connectivity index (χ0) is 13.8. The zero-order valence-electron chi connectivity index (χ0n) is 10.9. The Labute approximate surface area is 123 Å². The van der Waals surface area contributed by atoms with Crippen LogP contribution >= 0.6 is 23.2 Å². The summed E-state index contributed by atoms with van der Waals surface area (Å²) in [5.41, 5.74) is 0.987. The molecule has 3 nitrogen and oxygen atoms in total.